The Hall–Kier alpha value is -1.10. The first-order valence-electron chi connectivity index (χ1n) is 11.3. The summed E-state index contributed by atoms with van der Waals surface area (Å²) in [5.74, 6) is 3.47. The van der Waals surface area contributed by atoms with Gasteiger partial charge < -0.3 is 15.1 Å². The molecule has 6 fully saturated rings. The smallest absolute Gasteiger partial charge is 0.245 e. The molecule has 0 aromatic carbocycles. The van der Waals surface area contributed by atoms with Crippen LogP contribution >= 0.6 is 0 Å². The van der Waals surface area contributed by atoms with Crippen LogP contribution in [0.15, 0.2) is 0 Å². The van der Waals surface area contributed by atoms with Crippen LogP contribution in [-0.2, 0) is 9.59 Å². The van der Waals surface area contributed by atoms with E-state index in [0.29, 0.717) is 11.8 Å². The molecular weight excluding hydrogens is 338 g/mol. The van der Waals surface area contributed by atoms with Gasteiger partial charge >= 0.3 is 0 Å². The summed E-state index contributed by atoms with van der Waals surface area (Å²) in [6.45, 7) is 3.49. The number of carbonyl (C=O) groups is 2. The fourth-order valence-electron chi connectivity index (χ4n) is 7.64. The van der Waals surface area contributed by atoms with Crippen molar-refractivity contribution in [2.24, 2.45) is 29.1 Å². The van der Waals surface area contributed by atoms with Gasteiger partial charge in [0, 0.05) is 19.6 Å². The summed E-state index contributed by atoms with van der Waals surface area (Å²) in [6.07, 6.45) is 10.3. The molecule has 150 valence electrons. The average molecular weight is 374 g/mol. The van der Waals surface area contributed by atoms with Crippen molar-refractivity contribution < 1.29 is 9.59 Å². The van der Waals surface area contributed by atoms with Gasteiger partial charge in [0.15, 0.2) is 0 Å². The van der Waals surface area contributed by atoms with E-state index < -0.39 is 0 Å². The largest absolute Gasteiger partial charge is 0.341 e. The molecule has 2 aliphatic heterocycles. The molecule has 0 aromatic rings. The van der Waals surface area contributed by atoms with Gasteiger partial charge in [-0.1, -0.05) is 0 Å². The average Bonchev–Trinajstić information content (AvgIpc) is 3.29. The fraction of sp³-hybridized carbons (Fsp3) is 0.909. The second kappa shape index (κ2) is 6.75. The van der Waals surface area contributed by atoms with Crippen molar-refractivity contribution in [3.63, 3.8) is 0 Å². The fourth-order valence-corrected chi connectivity index (χ4v) is 7.64. The summed E-state index contributed by atoms with van der Waals surface area (Å²) in [7, 11) is 1.98. The number of hydrogen-bond donors (Lipinski definition) is 1. The molecule has 0 aromatic heterocycles. The number of nitrogens with zero attached hydrogens (tertiary/aromatic N) is 2. The quantitative estimate of drug-likeness (QED) is 0.822. The standard InChI is InChI=1S/C22H35N3O2/c1-23-13-15-4-6-24(14-15)20(26)19-3-2-5-25(19)21(27)22-10-16-7-17(11-22)9-18(8-16)12-22/h15-19,23H,2-14H2,1H3. The minimum absolute atomic E-state index is 0.114. The van der Waals surface area contributed by atoms with E-state index in [4.69, 9.17) is 0 Å². The van der Waals surface area contributed by atoms with E-state index in [1.807, 2.05) is 16.8 Å². The zero-order chi connectivity index (χ0) is 18.6. The van der Waals surface area contributed by atoms with Gasteiger partial charge in [0.2, 0.25) is 11.8 Å². The van der Waals surface area contributed by atoms with Crippen LogP contribution in [0.4, 0.5) is 0 Å². The van der Waals surface area contributed by atoms with E-state index >= 15 is 0 Å². The van der Waals surface area contributed by atoms with Gasteiger partial charge in [0.25, 0.3) is 0 Å². The lowest BCUT2D eigenvalue weighted by atomic mass is 9.49. The maximum absolute atomic E-state index is 13.7. The highest BCUT2D eigenvalue weighted by atomic mass is 16.2. The van der Waals surface area contributed by atoms with Crippen LogP contribution in [0.5, 0.6) is 0 Å². The van der Waals surface area contributed by atoms with Crippen molar-refractivity contribution in [3.8, 4) is 0 Å². The zero-order valence-corrected chi connectivity index (χ0v) is 16.8. The van der Waals surface area contributed by atoms with Crippen LogP contribution in [0.2, 0.25) is 0 Å². The second-order valence-corrected chi connectivity index (χ2v) is 10.4. The molecule has 2 saturated heterocycles. The summed E-state index contributed by atoms with van der Waals surface area (Å²) in [5.41, 5.74) is -0.114. The Labute approximate surface area is 163 Å². The molecule has 4 aliphatic carbocycles. The minimum atomic E-state index is -0.182. The minimum Gasteiger partial charge on any atom is -0.341 e. The third kappa shape index (κ3) is 3.01. The van der Waals surface area contributed by atoms with Crippen molar-refractivity contribution in [2.45, 2.75) is 63.8 Å². The lowest BCUT2D eigenvalue weighted by molar-refractivity contribution is -0.161. The number of amides is 2. The van der Waals surface area contributed by atoms with Crippen molar-refractivity contribution in [3.05, 3.63) is 0 Å². The zero-order valence-electron chi connectivity index (χ0n) is 16.8. The monoisotopic (exact) mass is 373 g/mol. The molecule has 6 rings (SSSR count). The van der Waals surface area contributed by atoms with Gasteiger partial charge in [-0.3, -0.25) is 9.59 Å². The van der Waals surface area contributed by atoms with Gasteiger partial charge in [-0.25, -0.2) is 0 Å². The van der Waals surface area contributed by atoms with Crippen molar-refractivity contribution >= 4 is 11.8 Å². The first-order valence-corrected chi connectivity index (χ1v) is 11.3. The molecule has 5 nitrogen and oxygen atoms in total. The molecule has 27 heavy (non-hydrogen) atoms. The normalized spacial score (nSPS) is 42.9. The SMILES string of the molecule is CNCC1CCN(C(=O)C2CCCN2C(=O)C23CC4CC(CC(C4)C2)C3)C1. The Morgan fingerprint density at radius 2 is 1.67 bits per heavy atom. The molecular formula is C22H35N3O2. The maximum Gasteiger partial charge on any atom is 0.245 e. The Morgan fingerprint density at radius 1 is 1.00 bits per heavy atom. The van der Waals surface area contributed by atoms with Crippen LogP contribution in [0.3, 0.4) is 0 Å². The van der Waals surface area contributed by atoms with Crippen molar-refractivity contribution in [1.29, 1.82) is 0 Å². The topological polar surface area (TPSA) is 52.7 Å². The van der Waals surface area contributed by atoms with Crippen LogP contribution < -0.4 is 5.32 Å². The number of carbonyl (C=O) groups excluding carboxylic acids is 2. The summed E-state index contributed by atoms with van der Waals surface area (Å²) in [5, 5.41) is 3.24. The van der Waals surface area contributed by atoms with Crippen molar-refractivity contribution in [2.75, 3.05) is 33.2 Å². The van der Waals surface area contributed by atoms with Gasteiger partial charge in [-0.05, 0) is 95.1 Å². The van der Waals surface area contributed by atoms with Gasteiger partial charge in [-0.15, -0.1) is 0 Å². The Balaban J connectivity index is 1.30. The highest BCUT2D eigenvalue weighted by Gasteiger charge is 2.57. The van der Waals surface area contributed by atoms with Crippen LogP contribution in [-0.4, -0.2) is 60.9 Å². The second-order valence-electron chi connectivity index (χ2n) is 10.4. The van der Waals surface area contributed by atoms with Crippen LogP contribution in [0, 0.1) is 29.1 Å². The summed E-state index contributed by atoms with van der Waals surface area (Å²) < 4.78 is 0. The van der Waals surface area contributed by atoms with E-state index in [0.717, 1.165) is 82.5 Å². The molecule has 5 heteroatoms. The molecule has 2 heterocycles. The highest BCUT2D eigenvalue weighted by molar-refractivity contribution is 5.91. The number of likely N-dealkylation sites (tertiary alicyclic amines) is 2. The van der Waals surface area contributed by atoms with E-state index in [1.54, 1.807) is 0 Å². The molecule has 1 N–H and O–H groups in total. The van der Waals surface area contributed by atoms with Crippen LogP contribution in [0.1, 0.15) is 57.8 Å². The Kier molecular flexibility index (Phi) is 4.49. The van der Waals surface area contributed by atoms with Crippen molar-refractivity contribution in [1.82, 2.24) is 15.1 Å². The maximum atomic E-state index is 13.7. The number of rotatable bonds is 4. The van der Waals surface area contributed by atoms with Crippen LogP contribution in [0.25, 0.3) is 0 Å². The molecule has 4 bridgehead atoms. The molecule has 6 aliphatic rings. The lowest BCUT2D eigenvalue weighted by Gasteiger charge is -2.56. The third-order valence-electron chi connectivity index (χ3n) is 8.38. The lowest BCUT2D eigenvalue weighted by Crippen LogP contribution is -2.57. The first-order chi connectivity index (χ1) is 13.1. The summed E-state index contributed by atoms with van der Waals surface area (Å²) >= 11 is 0. The third-order valence-corrected chi connectivity index (χ3v) is 8.38. The molecule has 2 atom stereocenters. The predicted molar refractivity (Wildman–Crippen MR) is 104 cm³/mol. The molecule has 0 spiro atoms. The molecule has 2 unspecified atom stereocenters. The molecule has 2 amide bonds. The number of hydrogen-bond acceptors (Lipinski definition) is 3. The highest BCUT2D eigenvalue weighted by Crippen LogP contribution is 2.60. The predicted octanol–water partition coefficient (Wildman–Crippen LogP) is 2.26. The number of nitrogens with one attached hydrogen (secondary N) is 1. The van der Waals surface area contributed by atoms with Gasteiger partial charge in [-0.2, -0.15) is 0 Å². The summed E-state index contributed by atoms with van der Waals surface area (Å²) in [4.78, 5) is 31.1. The van der Waals surface area contributed by atoms with Gasteiger partial charge in [0.05, 0.1) is 5.41 Å². The summed E-state index contributed by atoms with van der Waals surface area (Å²) in [6, 6.07) is -0.182. The van der Waals surface area contributed by atoms with E-state index in [1.165, 1.54) is 19.3 Å². The van der Waals surface area contributed by atoms with E-state index in [-0.39, 0.29) is 17.4 Å². The molecule has 4 saturated carbocycles. The van der Waals surface area contributed by atoms with E-state index in [9.17, 15) is 9.59 Å². The Bertz CT molecular complexity index is 583. The molecule has 0 radical (unpaired) electrons. The Morgan fingerprint density at radius 3 is 2.30 bits per heavy atom. The first kappa shape index (κ1) is 18.0. The van der Waals surface area contributed by atoms with E-state index in [2.05, 4.69) is 5.32 Å². The van der Waals surface area contributed by atoms with Gasteiger partial charge in [0.1, 0.15) is 6.04 Å².